The van der Waals surface area contributed by atoms with Crippen molar-refractivity contribution in [2.75, 3.05) is 20.0 Å². The number of hydrogen-bond donors (Lipinski definition) is 7. The van der Waals surface area contributed by atoms with Crippen molar-refractivity contribution in [3.05, 3.63) is 94.1 Å². The van der Waals surface area contributed by atoms with Crippen LogP contribution in [-0.4, -0.2) is 177 Å². The van der Waals surface area contributed by atoms with Crippen LogP contribution in [0.3, 0.4) is 0 Å². The van der Waals surface area contributed by atoms with E-state index in [4.69, 9.17) is 47.4 Å². The van der Waals surface area contributed by atoms with Crippen LogP contribution in [0.5, 0.6) is 0 Å². The number of alkyl carbamates (subject to hydrolysis) is 2. The van der Waals surface area contributed by atoms with Crippen LogP contribution in [0.25, 0.3) is 0 Å². The molecule has 2 saturated heterocycles. The zero-order valence-electron chi connectivity index (χ0n) is 68.6. The number of aliphatic hydroxyl groups is 5. The van der Waals surface area contributed by atoms with Crippen molar-refractivity contribution >= 4 is 41.8 Å². The molecule has 2 amide bonds. The average molecular weight is 1530 g/mol. The summed E-state index contributed by atoms with van der Waals surface area (Å²) < 4.78 is 59.2. The third-order valence-electron chi connectivity index (χ3n) is 26.3. The molecule has 0 spiro atoms. The summed E-state index contributed by atoms with van der Waals surface area (Å²) in [6.07, 6.45) is -10.7. The van der Waals surface area contributed by atoms with Crippen molar-refractivity contribution in [1.29, 1.82) is 0 Å². The van der Waals surface area contributed by atoms with Crippen molar-refractivity contribution in [1.82, 2.24) is 10.6 Å². The van der Waals surface area contributed by atoms with Crippen molar-refractivity contribution in [2.45, 2.75) is 300 Å². The Morgan fingerprint density at radius 3 is 1.50 bits per heavy atom. The minimum atomic E-state index is -1.75. The van der Waals surface area contributed by atoms with Gasteiger partial charge in [-0.15, -0.1) is 0 Å². The molecule has 2 aliphatic heterocycles. The Hall–Kier alpha value is -6.35. The molecule has 6 fully saturated rings. The number of ketones is 2. The fourth-order valence-corrected chi connectivity index (χ4v) is 20.9. The van der Waals surface area contributed by atoms with Gasteiger partial charge in [-0.3, -0.25) is 9.59 Å². The summed E-state index contributed by atoms with van der Waals surface area (Å²) in [6.45, 7) is 43.1. The third-order valence-corrected chi connectivity index (χ3v) is 26.3. The Morgan fingerprint density at radius 2 is 1.03 bits per heavy atom. The van der Waals surface area contributed by atoms with Crippen LogP contribution in [-0.2, 0) is 79.8 Å². The van der Waals surface area contributed by atoms with E-state index < -0.39 is 175 Å². The molecule has 0 aromatic heterocycles. The number of Topliss-reactive ketones (excluding diaryl/α,β-unsaturated/α-hetero) is 2. The summed E-state index contributed by atoms with van der Waals surface area (Å²) in [5.74, 6) is -5.48. The number of carbonyl (C=O) groups is 7. The van der Waals surface area contributed by atoms with E-state index in [2.05, 4.69) is 17.6 Å². The molecule has 2 heterocycles. The normalized spacial score (nSPS) is 35.5. The lowest BCUT2D eigenvalue weighted by atomic mass is 9.40. The SMILES string of the molecule is CC1=C2[C@@H](C)C(=O)[C@]3(C)[C@@H](OC(=O)OCc4ccccc4)C[C@H]4OC[C@@]4(C)[C@H]3[C@H](C)[C@](O)(C[C@@H]1OC(=O)C(OCOCc1ccccc1)[C@H](CC(C)C)NC(=O)OC(C)(C)C)C2(C)C.CC1=C2[C@@H](O)C(=O)[C@@]3(C)[C@H]([C@H](C)[C@](O)(C[C@@H]1OC(=O)C(O)[C@H](CC(C)C)NC(=O)OC(C)(C)C)C2(C)C)[C@]1(C)CO[C@@H]1C[C@@H]3O. The van der Waals surface area contributed by atoms with Gasteiger partial charge in [0.25, 0.3) is 0 Å². The van der Waals surface area contributed by atoms with E-state index in [0.29, 0.717) is 42.8 Å². The standard InChI is InChI=1S/C51H71NO12.C34H55NO10/c1-30(2)23-36(52-45(55)64-47(6,7)8)41(61-29-58-26-34-19-15-13-16-20-34)44(54)62-37-25-51(57)33(5)42-49(11)28-60-38(49)24-39(63-46(56)59-27-35-21-17-14-18-22-35)50(42,12)43(53)32(4)40(31(37)3)48(51,9)10;1-16(2)12-19(35-29(41)45-30(5,6)7)24(37)28(40)44-20-14-34(42)18(4)26-32(10)15-43-22(32)13-21(36)33(26,11)27(39)25(38)23(17(20)3)31(34,8)9/h13-22,30,32-33,36-39,41-42,57H,23-29H2,1-12H3,(H,52,55);16,18-22,24-26,36-38,42H,12-15H2,1-11H3,(H,35,41)/t32-,33+,36+,37+,38-,39+,41?,42-,49-,50-,51-;18-,19-,20-,21-,22+,24?,25+,26+,32+,33+,34+/m10/s1. The first-order valence-corrected chi connectivity index (χ1v) is 39.1. The second-order valence-electron chi connectivity index (χ2n) is 37.5. The van der Waals surface area contributed by atoms with E-state index in [9.17, 15) is 54.3 Å². The van der Waals surface area contributed by atoms with Crippen molar-refractivity contribution in [3.63, 3.8) is 0 Å². The average Bonchev–Trinajstić information content (AvgIpc) is 0.679. The van der Waals surface area contributed by atoms with E-state index in [1.807, 2.05) is 144 Å². The predicted molar refractivity (Wildman–Crippen MR) is 403 cm³/mol. The van der Waals surface area contributed by atoms with Gasteiger partial charge in [-0.05, 0) is 151 Å². The second kappa shape index (κ2) is 31.9. The second-order valence-corrected chi connectivity index (χ2v) is 37.5. The summed E-state index contributed by atoms with van der Waals surface area (Å²) in [5.41, 5.74) is -6.87. The van der Waals surface area contributed by atoms with E-state index in [1.54, 1.807) is 69.2 Å². The molecular formula is C85H126N2O22. The molecule has 109 heavy (non-hydrogen) atoms. The van der Waals surface area contributed by atoms with Crippen LogP contribution in [0.2, 0.25) is 0 Å². The van der Waals surface area contributed by atoms with Crippen molar-refractivity contribution in [2.24, 2.45) is 73.9 Å². The quantitative estimate of drug-likeness (QED) is 0.0213. The van der Waals surface area contributed by atoms with Crippen LogP contribution >= 0.6 is 0 Å². The minimum absolute atomic E-state index is 0.00175. The highest BCUT2D eigenvalue weighted by atomic mass is 16.7. The molecule has 24 nitrogen and oxygen atoms in total. The minimum Gasteiger partial charge on any atom is -0.456 e. The van der Waals surface area contributed by atoms with E-state index >= 15 is 4.79 Å². The molecule has 608 valence electrons. The Kier molecular flexibility index (Phi) is 25.4. The van der Waals surface area contributed by atoms with Crippen LogP contribution in [0.1, 0.15) is 209 Å². The Morgan fingerprint density at radius 1 is 0.587 bits per heavy atom. The Labute approximate surface area is 644 Å². The van der Waals surface area contributed by atoms with Crippen molar-refractivity contribution < 1.29 is 106 Å². The number of ether oxygens (including phenoxy) is 10. The van der Waals surface area contributed by atoms with Crippen LogP contribution in [0.15, 0.2) is 83.0 Å². The molecule has 4 saturated carbocycles. The topological polar surface area (TPSA) is 337 Å². The molecule has 2 aromatic rings. The Balaban J connectivity index is 0.000000267. The zero-order valence-corrected chi connectivity index (χ0v) is 68.6. The van der Waals surface area contributed by atoms with Gasteiger partial charge in [-0.1, -0.05) is 151 Å². The van der Waals surface area contributed by atoms with Crippen LogP contribution in [0, 0.1) is 73.9 Å². The number of rotatable bonds is 20. The van der Waals surface area contributed by atoms with Gasteiger partial charge in [0.15, 0.2) is 18.0 Å². The first-order valence-electron chi connectivity index (χ1n) is 39.1. The summed E-state index contributed by atoms with van der Waals surface area (Å²) in [7, 11) is 0. The maximum absolute atomic E-state index is 15.5. The number of carbonyl (C=O) groups excluding carboxylic acids is 7. The van der Waals surface area contributed by atoms with Gasteiger partial charge in [-0.25, -0.2) is 24.0 Å². The van der Waals surface area contributed by atoms with E-state index in [0.717, 1.165) is 11.1 Å². The zero-order chi connectivity index (χ0) is 81.2. The van der Waals surface area contributed by atoms with Gasteiger partial charge < -0.3 is 83.5 Å². The van der Waals surface area contributed by atoms with Gasteiger partial charge in [0, 0.05) is 53.3 Å². The number of esters is 2. The van der Waals surface area contributed by atoms with Gasteiger partial charge in [0.1, 0.15) is 54.8 Å². The summed E-state index contributed by atoms with van der Waals surface area (Å²) >= 11 is 0. The highest BCUT2D eigenvalue weighted by molar-refractivity contribution is 5.93. The van der Waals surface area contributed by atoms with Crippen LogP contribution in [0.4, 0.5) is 14.4 Å². The number of nitrogens with one attached hydrogen (secondary N) is 2. The fraction of sp³-hybridized carbons (Fsp3) is 0.729. The van der Waals surface area contributed by atoms with E-state index in [1.165, 1.54) is 0 Å². The van der Waals surface area contributed by atoms with Gasteiger partial charge >= 0.3 is 30.3 Å². The number of benzene rings is 2. The Bertz CT molecular complexity index is 3730. The van der Waals surface area contributed by atoms with Gasteiger partial charge in [0.2, 0.25) is 0 Å². The van der Waals surface area contributed by atoms with Crippen molar-refractivity contribution in [3.8, 4) is 0 Å². The molecule has 22 atom stereocenters. The summed E-state index contributed by atoms with van der Waals surface area (Å²) in [4.78, 5) is 97.4. The van der Waals surface area contributed by atoms with Gasteiger partial charge in [0.05, 0.1) is 72.2 Å². The largest absolute Gasteiger partial charge is 0.508 e. The van der Waals surface area contributed by atoms with E-state index in [-0.39, 0.29) is 81.1 Å². The van der Waals surface area contributed by atoms with Crippen LogP contribution < -0.4 is 10.6 Å². The number of amides is 2. The monoisotopic (exact) mass is 1530 g/mol. The predicted octanol–water partition coefficient (Wildman–Crippen LogP) is 11.9. The number of aliphatic hydroxyl groups excluding tert-OH is 3. The molecule has 7 N–H and O–H groups in total. The highest BCUT2D eigenvalue weighted by Gasteiger charge is 2.75. The maximum Gasteiger partial charge on any atom is 0.508 e. The third kappa shape index (κ3) is 16.5. The smallest absolute Gasteiger partial charge is 0.456 e. The molecule has 10 rings (SSSR count). The molecule has 2 unspecified atom stereocenters. The summed E-state index contributed by atoms with van der Waals surface area (Å²) in [5, 5.41) is 66.1. The molecule has 24 heteroatoms. The lowest BCUT2D eigenvalue weighted by molar-refractivity contribution is -0.302. The fourth-order valence-electron chi connectivity index (χ4n) is 20.9. The first kappa shape index (κ1) is 86.6. The molecular weight excluding hydrogens is 1400 g/mol. The molecule has 6 aliphatic carbocycles. The van der Waals surface area contributed by atoms with Gasteiger partial charge in [-0.2, -0.15) is 0 Å². The highest BCUT2D eigenvalue weighted by Crippen LogP contribution is 2.70. The lowest BCUT2D eigenvalue weighted by Crippen LogP contribution is -2.75. The lowest BCUT2D eigenvalue weighted by Gasteiger charge is -2.68. The first-order chi connectivity index (χ1) is 50.4. The number of fused-ring (bicyclic) bond motifs is 10. The molecule has 4 bridgehead atoms. The maximum atomic E-state index is 15.5. The molecule has 0 radical (unpaired) electrons. The number of hydrogen-bond acceptors (Lipinski definition) is 22. The molecule has 2 aromatic carbocycles. The summed E-state index contributed by atoms with van der Waals surface area (Å²) in [6, 6.07) is 16.9. The molecule has 8 aliphatic rings.